The molecule has 1 atom stereocenters. The third-order valence-electron chi connectivity index (χ3n) is 4.52. The highest BCUT2D eigenvalue weighted by molar-refractivity contribution is 5.86. The summed E-state index contributed by atoms with van der Waals surface area (Å²) >= 11 is 0. The first-order chi connectivity index (χ1) is 9.55. The van der Waals surface area contributed by atoms with E-state index in [9.17, 15) is 9.59 Å². The van der Waals surface area contributed by atoms with Gasteiger partial charge in [0.25, 0.3) is 5.91 Å². The average molecular weight is 282 g/mol. The van der Waals surface area contributed by atoms with Crippen molar-refractivity contribution < 1.29 is 14.3 Å². The van der Waals surface area contributed by atoms with E-state index >= 15 is 0 Å². The van der Waals surface area contributed by atoms with E-state index in [1.54, 1.807) is 18.9 Å². The van der Waals surface area contributed by atoms with Crippen LogP contribution in [-0.4, -0.2) is 49.1 Å². The maximum absolute atomic E-state index is 12.4. The maximum atomic E-state index is 12.4. The van der Waals surface area contributed by atoms with E-state index in [2.05, 4.69) is 5.32 Å². The number of nitrogens with zero attached hydrogens (tertiary/aromatic N) is 1. The van der Waals surface area contributed by atoms with Crippen molar-refractivity contribution in [3.05, 3.63) is 0 Å². The fraction of sp³-hybridized carbons (Fsp3) is 0.867. The number of amides is 2. The van der Waals surface area contributed by atoms with Crippen LogP contribution in [0.4, 0.5) is 0 Å². The van der Waals surface area contributed by atoms with Crippen molar-refractivity contribution in [3.63, 3.8) is 0 Å². The molecule has 0 radical (unpaired) electrons. The van der Waals surface area contributed by atoms with Crippen LogP contribution in [0.5, 0.6) is 0 Å². The lowest BCUT2D eigenvalue weighted by Gasteiger charge is -2.39. The summed E-state index contributed by atoms with van der Waals surface area (Å²) in [6.07, 6.45) is 6.76. The van der Waals surface area contributed by atoms with Gasteiger partial charge in [-0.2, -0.15) is 0 Å². The van der Waals surface area contributed by atoms with Gasteiger partial charge in [0.1, 0.15) is 0 Å². The molecule has 2 amide bonds. The Balaban J connectivity index is 1.90. The second kappa shape index (κ2) is 6.57. The van der Waals surface area contributed by atoms with Crippen molar-refractivity contribution in [1.82, 2.24) is 10.2 Å². The number of carbonyl (C=O) groups excluding carboxylic acids is 2. The fourth-order valence-corrected chi connectivity index (χ4v) is 3.25. The summed E-state index contributed by atoms with van der Waals surface area (Å²) in [6, 6.07) is 0. The predicted octanol–water partition coefficient (Wildman–Crippen LogP) is 1.32. The van der Waals surface area contributed by atoms with E-state index in [4.69, 9.17) is 4.74 Å². The second-order valence-electron chi connectivity index (χ2n) is 6.18. The number of hydrogen-bond acceptors (Lipinski definition) is 3. The van der Waals surface area contributed by atoms with Crippen molar-refractivity contribution in [2.45, 2.75) is 51.0 Å². The Hall–Kier alpha value is -1.10. The molecule has 5 nitrogen and oxygen atoms in total. The molecule has 0 aromatic carbocycles. The number of ether oxygens (including phenoxy) is 1. The van der Waals surface area contributed by atoms with Gasteiger partial charge >= 0.3 is 0 Å². The summed E-state index contributed by atoms with van der Waals surface area (Å²) in [5.41, 5.74) is -0.908. The van der Waals surface area contributed by atoms with E-state index in [0.717, 1.165) is 0 Å². The van der Waals surface area contributed by atoms with Crippen molar-refractivity contribution in [1.29, 1.82) is 0 Å². The van der Waals surface area contributed by atoms with E-state index in [0.29, 0.717) is 32.0 Å². The smallest absolute Gasteiger partial charge is 0.253 e. The van der Waals surface area contributed by atoms with Gasteiger partial charge in [-0.3, -0.25) is 9.59 Å². The first-order valence-corrected chi connectivity index (χ1v) is 7.69. The molecule has 1 N–H and O–H groups in total. The molecule has 0 aromatic rings. The molecule has 1 saturated heterocycles. The molecule has 0 bridgehead atoms. The Labute approximate surface area is 121 Å². The minimum Gasteiger partial charge on any atom is -0.362 e. The average Bonchev–Trinajstić information content (AvgIpc) is 2.47. The van der Waals surface area contributed by atoms with Crippen LogP contribution >= 0.6 is 0 Å². The van der Waals surface area contributed by atoms with Gasteiger partial charge in [-0.15, -0.1) is 0 Å². The molecule has 1 heterocycles. The third-order valence-corrected chi connectivity index (χ3v) is 4.52. The predicted molar refractivity (Wildman–Crippen MR) is 76.2 cm³/mol. The van der Waals surface area contributed by atoms with Crippen molar-refractivity contribution >= 4 is 11.8 Å². The number of likely N-dealkylation sites (N-methyl/N-ethyl adjacent to an activating group) is 1. The van der Waals surface area contributed by atoms with E-state index in [1.807, 2.05) is 0 Å². The summed E-state index contributed by atoms with van der Waals surface area (Å²) in [5, 5.41) is 2.61. The van der Waals surface area contributed by atoms with Crippen LogP contribution in [0.3, 0.4) is 0 Å². The monoisotopic (exact) mass is 282 g/mol. The Morgan fingerprint density at radius 1 is 1.30 bits per heavy atom. The molecule has 2 rings (SSSR count). The van der Waals surface area contributed by atoms with Crippen LogP contribution in [0.2, 0.25) is 0 Å². The van der Waals surface area contributed by atoms with Gasteiger partial charge in [-0.1, -0.05) is 19.3 Å². The fourth-order valence-electron chi connectivity index (χ4n) is 3.25. The number of morpholine rings is 1. The minimum absolute atomic E-state index is 0.160. The SMILES string of the molecule is CNC(=O)[C@@]1(C)CN(C(=O)CC2CCCCC2)CCO1. The Kier molecular flexibility index (Phi) is 5.02. The van der Waals surface area contributed by atoms with Crippen LogP contribution < -0.4 is 5.32 Å². The lowest BCUT2D eigenvalue weighted by molar-refractivity contribution is -0.162. The molecule has 2 fully saturated rings. The molecule has 1 saturated carbocycles. The molecule has 0 spiro atoms. The van der Waals surface area contributed by atoms with Gasteiger partial charge in [0.15, 0.2) is 5.60 Å². The van der Waals surface area contributed by atoms with Gasteiger partial charge in [0, 0.05) is 20.0 Å². The van der Waals surface area contributed by atoms with Crippen molar-refractivity contribution in [2.24, 2.45) is 5.92 Å². The van der Waals surface area contributed by atoms with Crippen LogP contribution in [-0.2, 0) is 14.3 Å². The highest BCUT2D eigenvalue weighted by atomic mass is 16.5. The zero-order valence-corrected chi connectivity index (χ0v) is 12.6. The lowest BCUT2D eigenvalue weighted by Crippen LogP contribution is -2.59. The van der Waals surface area contributed by atoms with Gasteiger partial charge < -0.3 is 15.0 Å². The molecule has 0 unspecified atom stereocenters. The molecule has 1 aliphatic heterocycles. The summed E-state index contributed by atoms with van der Waals surface area (Å²) in [6.45, 7) is 3.14. The van der Waals surface area contributed by atoms with E-state index < -0.39 is 5.60 Å². The second-order valence-corrected chi connectivity index (χ2v) is 6.18. The summed E-state index contributed by atoms with van der Waals surface area (Å²) in [5.74, 6) is 0.549. The van der Waals surface area contributed by atoms with Gasteiger partial charge in [0.05, 0.1) is 13.2 Å². The van der Waals surface area contributed by atoms with E-state index in [-0.39, 0.29) is 11.8 Å². The third kappa shape index (κ3) is 3.51. The van der Waals surface area contributed by atoms with Gasteiger partial charge in [-0.25, -0.2) is 0 Å². The molecular weight excluding hydrogens is 256 g/mol. The van der Waals surface area contributed by atoms with Crippen LogP contribution in [0.25, 0.3) is 0 Å². The van der Waals surface area contributed by atoms with E-state index in [1.165, 1.54) is 32.1 Å². The Morgan fingerprint density at radius 2 is 2.00 bits per heavy atom. The molecular formula is C15H26N2O3. The Bertz CT molecular complexity index is 366. The van der Waals surface area contributed by atoms with Crippen molar-refractivity contribution in [3.8, 4) is 0 Å². The summed E-state index contributed by atoms with van der Waals surface area (Å²) in [4.78, 5) is 26.1. The first kappa shape index (κ1) is 15.3. The summed E-state index contributed by atoms with van der Waals surface area (Å²) < 4.78 is 5.58. The molecule has 5 heteroatoms. The highest BCUT2D eigenvalue weighted by Gasteiger charge is 2.40. The quantitative estimate of drug-likeness (QED) is 0.849. The zero-order valence-electron chi connectivity index (χ0n) is 12.6. The standard InChI is InChI=1S/C15H26N2O3/c1-15(14(19)16-2)11-17(8-9-20-15)13(18)10-12-6-4-3-5-7-12/h12H,3-11H2,1-2H3,(H,16,19)/t15-/m1/s1. The maximum Gasteiger partial charge on any atom is 0.253 e. The minimum atomic E-state index is -0.908. The molecule has 1 aliphatic carbocycles. The summed E-state index contributed by atoms with van der Waals surface area (Å²) in [7, 11) is 1.60. The van der Waals surface area contributed by atoms with Crippen LogP contribution in [0.1, 0.15) is 45.4 Å². The van der Waals surface area contributed by atoms with Crippen LogP contribution in [0.15, 0.2) is 0 Å². The molecule has 0 aromatic heterocycles. The normalized spacial score (nSPS) is 28.2. The van der Waals surface area contributed by atoms with Crippen LogP contribution in [0, 0.1) is 5.92 Å². The first-order valence-electron chi connectivity index (χ1n) is 7.69. The number of nitrogens with one attached hydrogen (secondary N) is 1. The molecule has 2 aliphatic rings. The lowest BCUT2D eigenvalue weighted by atomic mass is 9.86. The number of hydrogen-bond donors (Lipinski definition) is 1. The zero-order chi connectivity index (χ0) is 14.6. The largest absolute Gasteiger partial charge is 0.362 e. The van der Waals surface area contributed by atoms with Gasteiger partial charge in [0.2, 0.25) is 5.91 Å². The Morgan fingerprint density at radius 3 is 2.65 bits per heavy atom. The molecule has 20 heavy (non-hydrogen) atoms. The molecule has 114 valence electrons. The van der Waals surface area contributed by atoms with Gasteiger partial charge in [-0.05, 0) is 25.7 Å². The topological polar surface area (TPSA) is 58.6 Å². The highest BCUT2D eigenvalue weighted by Crippen LogP contribution is 2.27. The number of rotatable bonds is 3. The number of carbonyl (C=O) groups is 2. The van der Waals surface area contributed by atoms with Crippen molar-refractivity contribution in [2.75, 3.05) is 26.7 Å².